The first kappa shape index (κ1) is 33.2. The van der Waals surface area contributed by atoms with E-state index < -0.39 is 20.1 Å². The maximum Gasteiger partial charge on any atom is 0.109 e. The molecule has 0 saturated heterocycles. The predicted molar refractivity (Wildman–Crippen MR) is 199 cm³/mol. The number of nitrogens with one attached hydrogen (secondary N) is 1. The van der Waals surface area contributed by atoms with E-state index in [2.05, 4.69) is 59.9 Å². The van der Waals surface area contributed by atoms with Crippen molar-refractivity contribution in [2.75, 3.05) is 30.4 Å². The van der Waals surface area contributed by atoms with Crippen molar-refractivity contribution in [2.24, 2.45) is 0 Å². The minimum atomic E-state index is -2.93. The van der Waals surface area contributed by atoms with Gasteiger partial charge in [0.15, 0.2) is 0 Å². The summed E-state index contributed by atoms with van der Waals surface area (Å²) in [4.78, 5) is 0. The highest BCUT2D eigenvalue weighted by atomic mass is 31.2. The molecule has 1 aliphatic heterocycles. The molecule has 0 spiro atoms. The Morgan fingerprint density at radius 3 is 1.30 bits per heavy atom. The van der Waals surface area contributed by atoms with Gasteiger partial charge < -0.3 is 14.9 Å². The van der Waals surface area contributed by atoms with Gasteiger partial charge >= 0.3 is 0 Å². The van der Waals surface area contributed by atoms with Gasteiger partial charge in [-0.15, -0.1) is 0 Å². The third-order valence-corrected chi connectivity index (χ3v) is 16.6. The molecule has 5 aromatic carbocycles. The van der Waals surface area contributed by atoms with Gasteiger partial charge in [-0.25, -0.2) is 0 Å². The number of hydrogen-bond donors (Lipinski definition) is 2. The van der Waals surface area contributed by atoms with E-state index in [9.17, 15) is 0 Å². The van der Waals surface area contributed by atoms with Gasteiger partial charge in [0.2, 0.25) is 0 Å². The number of benzene rings is 5. The van der Waals surface area contributed by atoms with Crippen molar-refractivity contribution in [3.05, 3.63) is 173 Å². The number of hydrogen-bond acceptors (Lipinski definition) is 4. The molecule has 6 heteroatoms. The number of fused-ring (bicyclic) bond motifs is 1. The molecule has 0 aromatic heterocycles. The molecule has 5 aromatic rings. The molecule has 2 atom stereocenters. The van der Waals surface area contributed by atoms with Crippen LogP contribution in [0.1, 0.15) is 39.2 Å². The van der Waals surface area contributed by atoms with Crippen molar-refractivity contribution in [3.8, 4) is 0 Å². The molecule has 47 heavy (non-hydrogen) atoms. The Bertz CT molecular complexity index is 1720. The molecule has 2 unspecified atom stereocenters. The van der Waals surface area contributed by atoms with Gasteiger partial charge in [-0.05, 0) is 71.6 Å². The van der Waals surface area contributed by atoms with E-state index in [4.69, 9.17) is 5.73 Å². The van der Waals surface area contributed by atoms with E-state index in [1.807, 2.05) is 84.9 Å². The van der Waals surface area contributed by atoms with Crippen molar-refractivity contribution < 1.29 is 9.13 Å². The Kier molecular flexibility index (Phi) is 10.9. The molecule has 0 saturated carbocycles. The first-order valence-corrected chi connectivity index (χ1v) is 21.2. The molecule has 4 nitrogen and oxygen atoms in total. The molecule has 1 heterocycles. The SMILES string of the molecule is Nc1cccc2c1CC(P(=O)(CCc1ccccc1)CCc1ccccc1)NC2P(=O)(CCc1ccccc1)CCc1ccccc1. The van der Waals surface area contributed by atoms with Crippen LogP contribution in [0.3, 0.4) is 0 Å². The van der Waals surface area contributed by atoms with Crippen LogP contribution in [0.15, 0.2) is 140 Å². The highest BCUT2D eigenvalue weighted by molar-refractivity contribution is 7.65. The topological polar surface area (TPSA) is 72.2 Å². The lowest BCUT2D eigenvalue weighted by molar-refractivity contribution is 0.495. The third kappa shape index (κ3) is 8.43. The van der Waals surface area contributed by atoms with Crippen LogP contribution in [0.2, 0.25) is 0 Å². The lowest BCUT2D eigenvalue weighted by atomic mass is 9.99. The summed E-state index contributed by atoms with van der Waals surface area (Å²) in [6.07, 6.45) is 5.85. The quantitative estimate of drug-likeness (QED) is 0.0920. The van der Waals surface area contributed by atoms with Gasteiger partial charge in [0.1, 0.15) is 14.3 Å². The van der Waals surface area contributed by atoms with Crippen molar-refractivity contribution >= 4 is 20.0 Å². The summed E-state index contributed by atoms with van der Waals surface area (Å²) < 4.78 is 31.1. The zero-order valence-electron chi connectivity index (χ0n) is 27.1. The maximum absolute atomic E-state index is 15.6. The fraction of sp³-hybridized carbons (Fsp3) is 0.268. The van der Waals surface area contributed by atoms with Gasteiger partial charge in [0, 0.05) is 30.3 Å². The first-order chi connectivity index (χ1) is 22.9. The van der Waals surface area contributed by atoms with E-state index in [1.54, 1.807) is 0 Å². The largest absolute Gasteiger partial charge is 0.398 e. The highest BCUT2D eigenvalue weighted by Gasteiger charge is 2.44. The second-order valence-electron chi connectivity index (χ2n) is 12.9. The Morgan fingerprint density at radius 2 is 0.894 bits per heavy atom. The maximum atomic E-state index is 15.6. The van der Waals surface area contributed by atoms with Crippen LogP contribution < -0.4 is 11.1 Å². The summed E-state index contributed by atoms with van der Waals surface area (Å²) in [6.45, 7) is 0. The second kappa shape index (κ2) is 15.5. The summed E-state index contributed by atoms with van der Waals surface area (Å²) in [7, 11) is -5.78. The lowest BCUT2D eigenvalue weighted by Crippen LogP contribution is -2.42. The Labute approximate surface area is 280 Å². The van der Waals surface area contributed by atoms with Crippen LogP contribution in [-0.4, -0.2) is 30.4 Å². The fourth-order valence-corrected chi connectivity index (χ4v) is 13.4. The Morgan fingerprint density at radius 1 is 0.511 bits per heavy atom. The normalized spacial score (nSPS) is 16.4. The predicted octanol–water partition coefficient (Wildman–Crippen LogP) is 9.44. The molecule has 3 N–H and O–H groups in total. The van der Waals surface area contributed by atoms with Crippen LogP contribution >= 0.6 is 14.3 Å². The summed E-state index contributed by atoms with van der Waals surface area (Å²) >= 11 is 0. The lowest BCUT2D eigenvalue weighted by Gasteiger charge is -2.41. The molecule has 6 rings (SSSR count). The number of rotatable bonds is 14. The fourth-order valence-electron chi connectivity index (χ4n) is 6.98. The third-order valence-electron chi connectivity index (χ3n) is 9.82. The van der Waals surface area contributed by atoms with Crippen molar-refractivity contribution in [3.63, 3.8) is 0 Å². The Hall–Kier alpha value is -3.68. The molecule has 242 valence electrons. The number of aryl methyl sites for hydroxylation is 4. The van der Waals surface area contributed by atoms with Crippen molar-refractivity contribution in [1.29, 1.82) is 0 Å². The van der Waals surface area contributed by atoms with E-state index in [0.717, 1.165) is 36.8 Å². The van der Waals surface area contributed by atoms with Crippen LogP contribution in [0.25, 0.3) is 0 Å². The molecule has 0 fully saturated rings. The number of nitrogens with two attached hydrogens (primary N) is 1. The van der Waals surface area contributed by atoms with Crippen LogP contribution in [0.5, 0.6) is 0 Å². The minimum absolute atomic E-state index is 0.307. The molecular weight excluding hydrogens is 614 g/mol. The zero-order valence-corrected chi connectivity index (χ0v) is 28.9. The van der Waals surface area contributed by atoms with Gasteiger partial charge in [0.25, 0.3) is 0 Å². The smallest absolute Gasteiger partial charge is 0.109 e. The second-order valence-corrected chi connectivity index (χ2v) is 19.7. The minimum Gasteiger partial charge on any atom is -0.398 e. The number of nitrogen functional groups attached to an aromatic ring is 1. The van der Waals surface area contributed by atoms with Crippen molar-refractivity contribution in [1.82, 2.24) is 5.32 Å². The molecule has 0 amide bonds. The summed E-state index contributed by atoms with van der Waals surface area (Å²) in [5.41, 5.74) is 14.2. The molecular formula is C41H46N2O2P2. The molecule has 0 bridgehead atoms. The van der Waals surface area contributed by atoms with Gasteiger partial charge in [-0.1, -0.05) is 133 Å². The monoisotopic (exact) mass is 660 g/mol. The van der Waals surface area contributed by atoms with Crippen LogP contribution in [-0.2, 0) is 41.2 Å². The van der Waals surface area contributed by atoms with E-state index in [1.165, 1.54) is 22.3 Å². The number of anilines is 1. The summed E-state index contributed by atoms with van der Waals surface area (Å²) in [5.74, 6) is -0.715. The first-order valence-electron chi connectivity index (χ1n) is 16.9. The standard InChI is InChI=1S/C41H46N2O2P2/c42-39-23-13-22-37-38(39)32-40(46(44,28-24-33-14-5-1-6-15-33)29-25-34-16-7-2-8-17-34)43-41(37)47(45,30-26-35-18-9-3-10-19-35)31-27-36-20-11-4-12-21-36/h1-23,40-41,43H,24-32,42H2. The summed E-state index contributed by atoms with van der Waals surface area (Å²) in [5, 5.41) is 3.88. The molecule has 1 aliphatic rings. The van der Waals surface area contributed by atoms with Crippen LogP contribution in [0.4, 0.5) is 5.69 Å². The molecule has 0 radical (unpaired) electrons. The van der Waals surface area contributed by atoms with E-state index >= 15 is 9.13 Å². The highest BCUT2D eigenvalue weighted by Crippen LogP contribution is 2.63. The van der Waals surface area contributed by atoms with Gasteiger partial charge in [0.05, 0.1) is 11.6 Å². The van der Waals surface area contributed by atoms with E-state index in [0.29, 0.717) is 36.8 Å². The van der Waals surface area contributed by atoms with Gasteiger partial charge in [-0.3, -0.25) is 5.32 Å². The summed E-state index contributed by atoms with van der Waals surface area (Å²) in [6, 6.07) is 47.4. The average molecular weight is 661 g/mol. The van der Waals surface area contributed by atoms with E-state index in [-0.39, 0.29) is 5.78 Å². The van der Waals surface area contributed by atoms with Crippen molar-refractivity contribution in [2.45, 2.75) is 43.7 Å². The Balaban J connectivity index is 1.36. The zero-order chi connectivity index (χ0) is 32.5. The average Bonchev–Trinajstić information content (AvgIpc) is 3.13. The van der Waals surface area contributed by atoms with Crippen LogP contribution in [0, 0.1) is 0 Å². The molecule has 0 aliphatic carbocycles. The van der Waals surface area contributed by atoms with Gasteiger partial charge in [-0.2, -0.15) is 0 Å².